The van der Waals surface area contributed by atoms with E-state index in [0.717, 1.165) is 0 Å². The second kappa shape index (κ2) is 8.72. The van der Waals surface area contributed by atoms with Crippen molar-refractivity contribution in [3.8, 4) is 11.8 Å². The molecule has 6 heteroatoms. The molecule has 1 heterocycles. The molecule has 0 fully saturated rings. The molecular formula is C23H18N2O4. The van der Waals surface area contributed by atoms with Crippen molar-refractivity contribution in [3.63, 3.8) is 0 Å². The summed E-state index contributed by atoms with van der Waals surface area (Å²) in [7, 11) is 2.95. The van der Waals surface area contributed by atoms with Gasteiger partial charge in [-0.1, -0.05) is 24.0 Å². The monoisotopic (exact) mass is 386 g/mol. The number of ether oxygens (including phenoxy) is 1. The number of pyridine rings is 1. The SMILES string of the molecule is COC(=O)c1cccc(C#Cc2cccc(NC(=O)c3ccn(C)c(=O)c3)c2)c1. The third-order valence-corrected chi connectivity index (χ3v) is 4.12. The Morgan fingerprint density at radius 2 is 1.62 bits per heavy atom. The molecule has 29 heavy (non-hydrogen) atoms. The van der Waals surface area contributed by atoms with Crippen molar-refractivity contribution in [1.29, 1.82) is 0 Å². The number of carbonyl (C=O) groups excluding carboxylic acids is 2. The highest BCUT2D eigenvalue weighted by Crippen LogP contribution is 2.12. The van der Waals surface area contributed by atoms with Gasteiger partial charge < -0.3 is 14.6 Å². The van der Waals surface area contributed by atoms with E-state index in [-0.39, 0.29) is 17.0 Å². The first-order chi connectivity index (χ1) is 14.0. The standard InChI is InChI=1S/C23H18N2O4/c1-25-12-11-18(15-21(25)26)22(27)24-20-8-4-6-17(14-20)10-9-16-5-3-7-19(13-16)23(28)29-2/h3-8,11-15H,1-2H3,(H,24,27). The normalized spacial score (nSPS) is 9.86. The Balaban J connectivity index is 1.78. The van der Waals surface area contributed by atoms with Crippen LogP contribution in [-0.4, -0.2) is 23.6 Å². The molecule has 1 aromatic heterocycles. The number of benzene rings is 2. The van der Waals surface area contributed by atoms with Crippen LogP contribution in [0.25, 0.3) is 0 Å². The van der Waals surface area contributed by atoms with E-state index in [1.165, 1.54) is 17.7 Å². The Labute approximate surface area is 167 Å². The number of amides is 1. The molecule has 1 N–H and O–H groups in total. The van der Waals surface area contributed by atoms with E-state index in [0.29, 0.717) is 22.4 Å². The van der Waals surface area contributed by atoms with Gasteiger partial charge in [-0.2, -0.15) is 0 Å². The van der Waals surface area contributed by atoms with Crippen LogP contribution in [-0.2, 0) is 11.8 Å². The van der Waals surface area contributed by atoms with Crippen molar-refractivity contribution in [3.05, 3.63) is 99.5 Å². The van der Waals surface area contributed by atoms with Crippen molar-refractivity contribution >= 4 is 17.6 Å². The van der Waals surface area contributed by atoms with Crippen LogP contribution in [0.3, 0.4) is 0 Å². The van der Waals surface area contributed by atoms with Crippen molar-refractivity contribution < 1.29 is 14.3 Å². The molecule has 0 aliphatic rings. The molecule has 3 aromatic rings. The van der Waals surface area contributed by atoms with Gasteiger partial charge in [0.1, 0.15) is 0 Å². The number of aryl methyl sites for hydroxylation is 1. The Morgan fingerprint density at radius 3 is 2.31 bits per heavy atom. The van der Waals surface area contributed by atoms with E-state index in [4.69, 9.17) is 4.74 Å². The lowest BCUT2D eigenvalue weighted by Gasteiger charge is -2.06. The van der Waals surface area contributed by atoms with Crippen molar-refractivity contribution in [2.24, 2.45) is 7.05 Å². The second-order valence-electron chi connectivity index (χ2n) is 6.22. The molecule has 0 aliphatic heterocycles. The molecule has 0 saturated heterocycles. The van der Waals surface area contributed by atoms with Gasteiger partial charge >= 0.3 is 5.97 Å². The third-order valence-electron chi connectivity index (χ3n) is 4.12. The summed E-state index contributed by atoms with van der Waals surface area (Å²) in [5.41, 5.74) is 2.37. The first-order valence-electron chi connectivity index (χ1n) is 8.75. The predicted molar refractivity (Wildman–Crippen MR) is 110 cm³/mol. The number of aromatic nitrogens is 1. The molecule has 1 amide bonds. The topological polar surface area (TPSA) is 77.4 Å². The molecule has 0 radical (unpaired) electrons. The minimum atomic E-state index is -0.422. The zero-order valence-corrected chi connectivity index (χ0v) is 15.9. The van der Waals surface area contributed by atoms with Crippen LogP contribution in [0.5, 0.6) is 0 Å². The minimum Gasteiger partial charge on any atom is -0.465 e. The summed E-state index contributed by atoms with van der Waals surface area (Å²) in [6.07, 6.45) is 1.54. The molecule has 0 atom stereocenters. The molecular weight excluding hydrogens is 368 g/mol. The molecule has 6 nitrogen and oxygen atoms in total. The number of nitrogens with zero attached hydrogens (tertiary/aromatic N) is 1. The minimum absolute atomic E-state index is 0.258. The summed E-state index contributed by atoms with van der Waals surface area (Å²) in [6, 6.07) is 16.8. The van der Waals surface area contributed by atoms with Crippen LogP contribution in [0.1, 0.15) is 31.8 Å². The fourth-order valence-electron chi connectivity index (χ4n) is 2.55. The first-order valence-corrected chi connectivity index (χ1v) is 8.75. The lowest BCUT2D eigenvalue weighted by atomic mass is 10.1. The van der Waals surface area contributed by atoms with E-state index in [1.54, 1.807) is 61.8 Å². The van der Waals surface area contributed by atoms with Crippen LogP contribution in [0.4, 0.5) is 5.69 Å². The smallest absolute Gasteiger partial charge is 0.337 e. The van der Waals surface area contributed by atoms with E-state index in [1.807, 2.05) is 6.07 Å². The summed E-state index contributed by atoms with van der Waals surface area (Å²) < 4.78 is 6.10. The van der Waals surface area contributed by atoms with Crippen molar-refractivity contribution in [1.82, 2.24) is 4.57 Å². The largest absolute Gasteiger partial charge is 0.465 e. The number of hydrogen-bond donors (Lipinski definition) is 1. The average molecular weight is 386 g/mol. The van der Waals surface area contributed by atoms with Gasteiger partial charge in [0.2, 0.25) is 0 Å². The van der Waals surface area contributed by atoms with Crippen LogP contribution >= 0.6 is 0 Å². The zero-order valence-electron chi connectivity index (χ0n) is 15.9. The summed E-state index contributed by atoms with van der Waals surface area (Å²) in [4.78, 5) is 35.7. The maximum absolute atomic E-state index is 12.4. The molecule has 0 unspecified atom stereocenters. The average Bonchev–Trinajstić information content (AvgIpc) is 2.74. The zero-order chi connectivity index (χ0) is 20.8. The van der Waals surface area contributed by atoms with Crippen molar-refractivity contribution in [2.75, 3.05) is 12.4 Å². The number of hydrogen-bond acceptors (Lipinski definition) is 4. The quantitative estimate of drug-likeness (QED) is 0.555. The molecule has 2 aromatic carbocycles. The van der Waals surface area contributed by atoms with E-state index in [9.17, 15) is 14.4 Å². The van der Waals surface area contributed by atoms with Crippen LogP contribution in [0.15, 0.2) is 71.7 Å². The van der Waals surface area contributed by atoms with Crippen LogP contribution in [0.2, 0.25) is 0 Å². The predicted octanol–water partition coefficient (Wildman–Crippen LogP) is 2.82. The summed E-state index contributed by atoms with van der Waals surface area (Å²) >= 11 is 0. The number of nitrogens with one attached hydrogen (secondary N) is 1. The van der Waals surface area contributed by atoms with Gasteiger partial charge in [0, 0.05) is 41.7 Å². The Bertz CT molecular complexity index is 1200. The molecule has 0 spiro atoms. The van der Waals surface area contributed by atoms with Gasteiger partial charge in [-0.15, -0.1) is 0 Å². The Hall–Kier alpha value is -4.11. The highest BCUT2D eigenvalue weighted by atomic mass is 16.5. The number of rotatable bonds is 3. The first kappa shape index (κ1) is 19.6. The van der Waals surface area contributed by atoms with Crippen molar-refractivity contribution in [2.45, 2.75) is 0 Å². The molecule has 0 aliphatic carbocycles. The summed E-state index contributed by atoms with van der Waals surface area (Å²) in [5, 5.41) is 2.76. The van der Waals surface area contributed by atoms with E-state index in [2.05, 4.69) is 17.2 Å². The lowest BCUT2D eigenvalue weighted by molar-refractivity contribution is 0.0600. The van der Waals surface area contributed by atoms with Crippen LogP contribution < -0.4 is 10.9 Å². The number of carbonyl (C=O) groups is 2. The van der Waals surface area contributed by atoms with E-state index < -0.39 is 5.97 Å². The van der Waals surface area contributed by atoms with Gasteiger partial charge in [-0.05, 0) is 42.5 Å². The second-order valence-corrected chi connectivity index (χ2v) is 6.22. The van der Waals surface area contributed by atoms with Gasteiger partial charge in [0.15, 0.2) is 0 Å². The maximum Gasteiger partial charge on any atom is 0.337 e. The number of methoxy groups -OCH3 is 1. The summed E-state index contributed by atoms with van der Waals surface area (Å²) in [5.74, 6) is 5.20. The van der Waals surface area contributed by atoms with Gasteiger partial charge in [-0.25, -0.2) is 4.79 Å². The van der Waals surface area contributed by atoms with Gasteiger partial charge in [0.25, 0.3) is 11.5 Å². The summed E-state index contributed by atoms with van der Waals surface area (Å²) in [6.45, 7) is 0. The fraction of sp³-hybridized carbons (Fsp3) is 0.0870. The van der Waals surface area contributed by atoms with E-state index >= 15 is 0 Å². The Morgan fingerprint density at radius 1 is 0.931 bits per heavy atom. The molecule has 144 valence electrons. The molecule has 0 saturated carbocycles. The molecule has 0 bridgehead atoms. The third kappa shape index (κ3) is 4.99. The van der Waals surface area contributed by atoms with Crippen LogP contribution in [0, 0.1) is 11.8 Å². The number of anilines is 1. The van der Waals surface area contributed by atoms with Gasteiger partial charge in [0.05, 0.1) is 12.7 Å². The highest BCUT2D eigenvalue weighted by molar-refractivity contribution is 6.04. The van der Waals surface area contributed by atoms with Gasteiger partial charge in [-0.3, -0.25) is 9.59 Å². The lowest BCUT2D eigenvalue weighted by Crippen LogP contribution is -2.19. The highest BCUT2D eigenvalue weighted by Gasteiger charge is 2.08. The maximum atomic E-state index is 12.4. The number of esters is 1. The molecule has 3 rings (SSSR count). The fourth-order valence-corrected chi connectivity index (χ4v) is 2.55. The Kier molecular flexibility index (Phi) is 5.91.